The van der Waals surface area contributed by atoms with E-state index in [9.17, 15) is 9.90 Å². The van der Waals surface area contributed by atoms with Crippen molar-refractivity contribution in [3.63, 3.8) is 0 Å². The lowest BCUT2D eigenvalue weighted by Gasteiger charge is -2.47. The lowest BCUT2D eigenvalue weighted by molar-refractivity contribution is -0.136. The Morgan fingerprint density at radius 1 is 1.24 bits per heavy atom. The largest absolute Gasteiger partial charge is 0.481 e. The Morgan fingerprint density at radius 2 is 1.76 bits per heavy atom. The van der Waals surface area contributed by atoms with E-state index in [1.807, 2.05) is 19.9 Å². The smallest absolute Gasteiger partial charge is 0.307 e. The Labute approximate surface area is 128 Å². The van der Waals surface area contributed by atoms with Crippen LogP contribution in [0, 0.1) is 10.8 Å². The molecule has 0 fully saturated rings. The van der Waals surface area contributed by atoms with Crippen LogP contribution in [0.5, 0.6) is 0 Å². The van der Waals surface area contributed by atoms with Crippen molar-refractivity contribution in [2.45, 2.75) is 73.3 Å². The number of carboxylic acids is 1. The number of hydrogen-bond acceptors (Lipinski definition) is 2. The number of aliphatic hydroxyl groups is 1. The minimum Gasteiger partial charge on any atom is -0.481 e. The summed E-state index contributed by atoms with van der Waals surface area (Å²) in [5.41, 5.74) is 1.67. The van der Waals surface area contributed by atoms with Crippen LogP contribution in [-0.4, -0.2) is 21.8 Å². The second-order valence-corrected chi connectivity index (χ2v) is 8.38. The molecule has 21 heavy (non-hydrogen) atoms. The molecule has 0 aromatic carbocycles. The Hall–Kier alpha value is -1.09. The molecule has 0 radical (unpaired) electrons. The summed E-state index contributed by atoms with van der Waals surface area (Å²) in [6.45, 7) is 14.6. The number of allylic oxidation sites excluding steroid dienone is 1. The van der Waals surface area contributed by atoms with Crippen molar-refractivity contribution < 1.29 is 15.0 Å². The van der Waals surface area contributed by atoms with Gasteiger partial charge in [-0.15, -0.1) is 0 Å². The number of carbonyl (C=O) groups is 1. The first-order chi connectivity index (χ1) is 9.27. The predicted molar refractivity (Wildman–Crippen MR) is 86.1 cm³/mol. The van der Waals surface area contributed by atoms with Gasteiger partial charge < -0.3 is 10.2 Å². The van der Waals surface area contributed by atoms with Crippen LogP contribution in [0.25, 0.3) is 0 Å². The lowest BCUT2D eigenvalue weighted by Crippen LogP contribution is -2.46. The maximum absolute atomic E-state index is 11.2. The van der Waals surface area contributed by atoms with E-state index >= 15 is 0 Å². The molecule has 0 aliphatic heterocycles. The van der Waals surface area contributed by atoms with Gasteiger partial charge >= 0.3 is 5.97 Å². The first kappa shape index (κ1) is 18.0. The zero-order valence-corrected chi connectivity index (χ0v) is 14.5. The van der Waals surface area contributed by atoms with Gasteiger partial charge in [0, 0.05) is 6.42 Å². The molecule has 1 atom stereocenters. The van der Waals surface area contributed by atoms with Gasteiger partial charge in [0.15, 0.2) is 0 Å². The highest BCUT2D eigenvalue weighted by Crippen LogP contribution is 2.48. The van der Waals surface area contributed by atoms with Crippen LogP contribution < -0.4 is 0 Å². The van der Waals surface area contributed by atoms with Crippen molar-refractivity contribution >= 4 is 5.97 Å². The van der Waals surface area contributed by atoms with E-state index in [4.69, 9.17) is 5.11 Å². The second kappa shape index (κ2) is 5.60. The van der Waals surface area contributed by atoms with Crippen LogP contribution in [0.2, 0.25) is 0 Å². The molecule has 0 amide bonds. The van der Waals surface area contributed by atoms with Gasteiger partial charge in [0.2, 0.25) is 0 Å². The molecule has 0 heterocycles. The van der Waals surface area contributed by atoms with Crippen LogP contribution in [0.4, 0.5) is 0 Å². The van der Waals surface area contributed by atoms with Gasteiger partial charge in [-0.3, -0.25) is 4.79 Å². The minimum absolute atomic E-state index is 0.0317. The predicted octanol–water partition coefficient (Wildman–Crippen LogP) is 4.32. The average Bonchev–Trinajstić information content (AvgIpc) is 2.19. The minimum atomic E-state index is -0.920. The van der Waals surface area contributed by atoms with Crippen LogP contribution in [0.3, 0.4) is 0 Å². The molecule has 0 saturated carbocycles. The van der Waals surface area contributed by atoms with Gasteiger partial charge in [0.25, 0.3) is 0 Å². The van der Waals surface area contributed by atoms with Crippen molar-refractivity contribution in [3.05, 3.63) is 22.8 Å². The summed E-state index contributed by atoms with van der Waals surface area (Å²) in [5.74, 6) is -0.823. The monoisotopic (exact) mass is 294 g/mol. The van der Waals surface area contributed by atoms with E-state index in [0.29, 0.717) is 6.42 Å². The van der Waals surface area contributed by atoms with Gasteiger partial charge in [0.1, 0.15) is 0 Å². The molecule has 3 heteroatoms. The number of hydrogen-bond donors (Lipinski definition) is 2. The average molecular weight is 294 g/mol. The summed E-state index contributed by atoms with van der Waals surface area (Å²) < 4.78 is 0. The fourth-order valence-electron chi connectivity index (χ4n) is 3.70. The fraction of sp³-hybridized carbons (Fsp3) is 0.722. The third-order valence-electron chi connectivity index (χ3n) is 4.45. The van der Waals surface area contributed by atoms with Gasteiger partial charge in [-0.1, -0.05) is 40.2 Å². The van der Waals surface area contributed by atoms with Gasteiger partial charge in [0.05, 0.1) is 12.0 Å². The molecule has 0 bridgehead atoms. The Balaban J connectivity index is 3.13. The summed E-state index contributed by atoms with van der Waals surface area (Å²) in [5, 5.41) is 20.2. The quantitative estimate of drug-likeness (QED) is 0.811. The van der Waals surface area contributed by atoms with Crippen molar-refractivity contribution in [2.75, 3.05) is 0 Å². The van der Waals surface area contributed by atoms with Crippen molar-refractivity contribution in [2.24, 2.45) is 10.8 Å². The molecule has 1 aliphatic rings. The molecular weight excluding hydrogens is 264 g/mol. The van der Waals surface area contributed by atoms with E-state index in [0.717, 1.165) is 23.1 Å². The number of rotatable bonds is 4. The van der Waals surface area contributed by atoms with Crippen LogP contribution in [-0.2, 0) is 4.79 Å². The number of carboxylic acid groups (broad SMARTS) is 1. The van der Waals surface area contributed by atoms with E-state index in [1.54, 1.807) is 0 Å². The molecule has 1 aliphatic carbocycles. The highest BCUT2D eigenvalue weighted by molar-refractivity contribution is 5.72. The first-order valence-electron chi connectivity index (χ1n) is 7.60. The Morgan fingerprint density at radius 3 is 2.14 bits per heavy atom. The van der Waals surface area contributed by atoms with E-state index < -0.39 is 11.6 Å². The van der Waals surface area contributed by atoms with Crippen LogP contribution in [0.15, 0.2) is 22.8 Å². The molecule has 120 valence electrons. The van der Waals surface area contributed by atoms with Gasteiger partial charge in [-0.2, -0.15) is 0 Å². The highest BCUT2D eigenvalue weighted by Gasteiger charge is 2.45. The van der Waals surface area contributed by atoms with Crippen molar-refractivity contribution in [3.8, 4) is 0 Å². The second-order valence-electron chi connectivity index (χ2n) is 8.38. The maximum atomic E-state index is 11.2. The first-order valence-corrected chi connectivity index (χ1v) is 7.60. The third kappa shape index (κ3) is 4.19. The zero-order valence-electron chi connectivity index (χ0n) is 14.5. The van der Waals surface area contributed by atoms with Crippen LogP contribution >= 0.6 is 0 Å². The molecule has 1 rings (SSSR count). The van der Waals surface area contributed by atoms with Crippen molar-refractivity contribution in [1.82, 2.24) is 0 Å². The summed E-state index contributed by atoms with van der Waals surface area (Å²) >= 11 is 0. The molecule has 0 aromatic rings. The summed E-state index contributed by atoms with van der Waals surface area (Å²) in [6.07, 6.45) is 3.31. The Kier molecular flexibility index (Phi) is 4.79. The van der Waals surface area contributed by atoms with E-state index in [2.05, 4.69) is 34.6 Å². The molecule has 2 N–H and O–H groups in total. The van der Waals surface area contributed by atoms with Gasteiger partial charge in [-0.25, -0.2) is 0 Å². The molecule has 0 spiro atoms. The van der Waals surface area contributed by atoms with E-state index in [-0.39, 0.29) is 17.3 Å². The van der Waals surface area contributed by atoms with Crippen LogP contribution in [0.1, 0.15) is 67.7 Å². The van der Waals surface area contributed by atoms with Gasteiger partial charge in [-0.05, 0) is 48.3 Å². The standard InChI is InChI=1S/C18H30O3/c1-12-9-18(21,17(6,7)11-16(3,4)5)10-13(2)14(12)8-15(19)20/h9,21H,8,10-11H2,1-7H3,(H,19,20). The summed E-state index contributed by atoms with van der Waals surface area (Å²) in [6, 6.07) is 0. The Bertz CT molecular complexity index is 489. The van der Waals surface area contributed by atoms with E-state index in [1.165, 1.54) is 0 Å². The third-order valence-corrected chi connectivity index (χ3v) is 4.45. The fourth-order valence-corrected chi connectivity index (χ4v) is 3.70. The van der Waals surface area contributed by atoms with Crippen molar-refractivity contribution in [1.29, 1.82) is 0 Å². The summed E-state index contributed by atoms with van der Waals surface area (Å²) in [4.78, 5) is 11.0. The molecule has 3 nitrogen and oxygen atoms in total. The molecular formula is C18H30O3. The molecule has 1 unspecified atom stereocenters. The molecule has 0 aromatic heterocycles. The SMILES string of the molecule is CC1=CC(O)(C(C)(C)CC(C)(C)C)CC(C)=C1CC(=O)O. The number of aliphatic carboxylic acids is 1. The maximum Gasteiger partial charge on any atom is 0.307 e. The molecule has 0 saturated heterocycles. The lowest BCUT2D eigenvalue weighted by atomic mass is 9.62. The highest BCUT2D eigenvalue weighted by atomic mass is 16.4. The topological polar surface area (TPSA) is 57.5 Å². The normalized spacial score (nSPS) is 24.1. The summed E-state index contributed by atoms with van der Waals surface area (Å²) in [7, 11) is 0. The zero-order chi connectivity index (χ0) is 16.6.